The number of sulfonamides is 2. The van der Waals surface area contributed by atoms with Crippen LogP contribution in [-0.4, -0.2) is 91.1 Å². The summed E-state index contributed by atoms with van der Waals surface area (Å²) in [6.45, 7) is 4.37. The van der Waals surface area contributed by atoms with Crippen LogP contribution in [0.25, 0.3) is 0 Å². The second kappa shape index (κ2) is 47.1. The molecular formula is C44H88CaN2O8S2. The van der Waals surface area contributed by atoms with Gasteiger partial charge in [-0.15, -0.1) is 0 Å². The number of carboxylic acids is 2. The molecule has 0 saturated heterocycles. The van der Waals surface area contributed by atoms with Crippen LogP contribution in [0.3, 0.4) is 0 Å². The van der Waals surface area contributed by atoms with Gasteiger partial charge in [-0.2, -0.15) is 0 Å². The third kappa shape index (κ3) is 56.0. The van der Waals surface area contributed by atoms with E-state index in [4.69, 9.17) is 0 Å². The average Bonchev–Trinajstić information content (AvgIpc) is 3.14. The number of unbranched alkanes of at least 4 members (excludes halogenated alkanes) is 32. The molecule has 0 aromatic carbocycles. The normalized spacial score (nSPS) is 11.5. The molecule has 0 radical (unpaired) electrons. The minimum atomic E-state index is -3.34. The molecule has 0 rings (SSSR count). The topological polar surface area (TPSA) is 173 Å². The van der Waals surface area contributed by atoms with Crippen LogP contribution in [0.2, 0.25) is 0 Å². The molecule has 336 valence electrons. The Morgan fingerprint density at radius 1 is 0.351 bits per heavy atom. The van der Waals surface area contributed by atoms with Gasteiger partial charge in [0.2, 0.25) is 20.0 Å². The number of nitrogens with one attached hydrogen (secondary N) is 2. The predicted molar refractivity (Wildman–Crippen MR) is 237 cm³/mol. The fraction of sp³-hybridized carbons (Fsp3) is 0.955. The first-order chi connectivity index (χ1) is 27.0. The molecule has 0 atom stereocenters. The molecule has 10 nitrogen and oxygen atoms in total. The van der Waals surface area contributed by atoms with E-state index in [1.807, 2.05) is 0 Å². The van der Waals surface area contributed by atoms with Crippen molar-refractivity contribution in [1.82, 2.24) is 9.44 Å². The van der Waals surface area contributed by atoms with Crippen molar-refractivity contribution in [3.8, 4) is 0 Å². The minimum absolute atomic E-state index is 0. The van der Waals surface area contributed by atoms with E-state index in [0.29, 0.717) is 12.8 Å². The molecule has 0 aromatic heterocycles. The maximum absolute atomic E-state index is 11.6. The number of carboxylic acid groups (broad SMARTS) is 2. The van der Waals surface area contributed by atoms with E-state index in [1.165, 1.54) is 180 Å². The molecule has 0 aliphatic heterocycles. The minimum Gasteiger partial charge on any atom is -0.550 e. The fourth-order valence-corrected chi connectivity index (χ4v) is 9.08. The second-order valence-corrected chi connectivity index (χ2v) is 19.8. The van der Waals surface area contributed by atoms with Crippen LogP contribution in [0.15, 0.2) is 0 Å². The first-order valence-corrected chi connectivity index (χ1v) is 26.6. The molecule has 0 spiro atoms. The van der Waals surface area contributed by atoms with E-state index in [2.05, 4.69) is 23.3 Å². The standard InChI is InChI=1S/2C22H45NO4S.Ca/c2*1-2-3-4-5-6-7-8-9-10-11-12-13-14-15-16-17-18-21-28(26,27)23-20-19-22(24)25;/h2*23H,2-21H2,1H3,(H,24,25);/q;;+2/p-2. The molecule has 0 fully saturated rings. The van der Waals surface area contributed by atoms with Crippen molar-refractivity contribution in [3.05, 3.63) is 0 Å². The van der Waals surface area contributed by atoms with Crippen LogP contribution in [0.5, 0.6) is 0 Å². The molecule has 0 bridgehead atoms. The molecule has 0 aliphatic rings. The zero-order valence-corrected chi connectivity index (χ0v) is 40.9. The number of carbonyl (C=O) groups is 2. The monoisotopic (exact) mass is 877 g/mol. The summed E-state index contributed by atoms with van der Waals surface area (Å²) in [5.41, 5.74) is 0. The quantitative estimate of drug-likeness (QED) is 0.0451. The number of aliphatic carboxylic acids is 2. The van der Waals surface area contributed by atoms with E-state index < -0.39 is 32.0 Å². The average molecular weight is 877 g/mol. The van der Waals surface area contributed by atoms with Gasteiger partial charge >= 0.3 is 37.7 Å². The number of hydrogen-bond donors (Lipinski definition) is 2. The summed E-state index contributed by atoms with van der Waals surface area (Å²) in [6.07, 6.45) is 42.5. The second-order valence-electron chi connectivity index (χ2n) is 16.0. The maximum atomic E-state index is 11.6. The van der Waals surface area contributed by atoms with Gasteiger partial charge in [0.1, 0.15) is 0 Å². The Labute approximate surface area is 382 Å². The van der Waals surface area contributed by atoms with E-state index in [-0.39, 0.29) is 75.2 Å². The van der Waals surface area contributed by atoms with E-state index in [0.717, 1.165) is 25.7 Å². The molecule has 0 amide bonds. The van der Waals surface area contributed by atoms with Gasteiger partial charge in [-0.25, -0.2) is 26.3 Å². The third-order valence-corrected chi connectivity index (χ3v) is 13.3. The Morgan fingerprint density at radius 2 is 0.526 bits per heavy atom. The van der Waals surface area contributed by atoms with Gasteiger partial charge < -0.3 is 19.8 Å². The summed E-state index contributed by atoms with van der Waals surface area (Å²) in [5, 5.41) is 20.5. The van der Waals surface area contributed by atoms with Crippen molar-refractivity contribution in [2.24, 2.45) is 0 Å². The molecule has 0 heterocycles. The van der Waals surface area contributed by atoms with Crippen molar-refractivity contribution < 1.29 is 36.6 Å². The van der Waals surface area contributed by atoms with Crippen LogP contribution in [0.4, 0.5) is 0 Å². The zero-order chi connectivity index (χ0) is 41.9. The van der Waals surface area contributed by atoms with Crippen LogP contribution in [-0.2, 0) is 29.6 Å². The van der Waals surface area contributed by atoms with Crippen LogP contribution < -0.4 is 19.7 Å². The number of rotatable bonds is 44. The van der Waals surface area contributed by atoms with Gasteiger partial charge in [0.05, 0.1) is 11.5 Å². The summed E-state index contributed by atoms with van der Waals surface area (Å²) >= 11 is 0. The Balaban J connectivity index is -0.00000101. The van der Waals surface area contributed by atoms with E-state index in [1.54, 1.807) is 0 Å². The molecule has 57 heavy (non-hydrogen) atoms. The van der Waals surface area contributed by atoms with Crippen molar-refractivity contribution >= 4 is 69.7 Å². The first-order valence-electron chi connectivity index (χ1n) is 23.3. The maximum Gasteiger partial charge on any atom is 2.00 e. The van der Waals surface area contributed by atoms with Gasteiger partial charge in [-0.3, -0.25) is 0 Å². The number of carbonyl (C=O) groups excluding carboxylic acids is 2. The molecular weight excluding hydrogens is 789 g/mol. The molecule has 0 aliphatic carbocycles. The van der Waals surface area contributed by atoms with Gasteiger partial charge in [-0.05, 0) is 12.8 Å². The molecule has 0 aromatic rings. The van der Waals surface area contributed by atoms with Crippen molar-refractivity contribution in [3.63, 3.8) is 0 Å². The Morgan fingerprint density at radius 3 is 0.702 bits per heavy atom. The van der Waals surface area contributed by atoms with Crippen molar-refractivity contribution in [1.29, 1.82) is 0 Å². The summed E-state index contributed by atoms with van der Waals surface area (Å²) in [6, 6.07) is 0. The molecule has 0 saturated carbocycles. The van der Waals surface area contributed by atoms with Gasteiger partial charge in [-0.1, -0.05) is 219 Å². The smallest absolute Gasteiger partial charge is 0.550 e. The van der Waals surface area contributed by atoms with Crippen LogP contribution in [0, 0.1) is 0 Å². The molecule has 0 unspecified atom stereocenters. The summed E-state index contributed by atoms with van der Waals surface area (Å²) in [7, 11) is -6.68. The summed E-state index contributed by atoms with van der Waals surface area (Å²) in [5.74, 6) is -2.31. The van der Waals surface area contributed by atoms with Crippen molar-refractivity contribution in [2.75, 3.05) is 24.6 Å². The Kier molecular flexibility index (Phi) is 50.6. The third-order valence-electron chi connectivity index (χ3n) is 10.3. The zero-order valence-electron chi connectivity index (χ0n) is 37.1. The van der Waals surface area contributed by atoms with Crippen LogP contribution >= 0.6 is 0 Å². The first kappa shape index (κ1) is 61.3. The predicted octanol–water partition coefficient (Wildman–Crippen LogP) is 9.01. The molecule has 2 N–H and O–H groups in total. The SMILES string of the molecule is CCCCCCCCCCCCCCCCCCCS(=O)(=O)NCCC(=O)[O-].CCCCCCCCCCCCCCCCCCCS(=O)(=O)NCCC(=O)[O-].[Ca+2]. The fourth-order valence-electron chi connectivity index (χ4n) is 6.80. The van der Waals surface area contributed by atoms with E-state index >= 15 is 0 Å². The van der Waals surface area contributed by atoms with Gasteiger partial charge in [0.25, 0.3) is 0 Å². The molecule has 13 heteroatoms. The summed E-state index contributed by atoms with van der Waals surface area (Å²) in [4.78, 5) is 20.5. The Hall–Kier alpha value is 0.0197. The Bertz CT molecular complexity index is 994. The van der Waals surface area contributed by atoms with Crippen molar-refractivity contribution in [2.45, 2.75) is 245 Å². The van der Waals surface area contributed by atoms with Crippen LogP contribution in [0.1, 0.15) is 245 Å². The largest absolute Gasteiger partial charge is 2.00 e. The summed E-state index contributed by atoms with van der Waals surface area (Å²) < 4.78 is 51.2. The van der Waals surface area contributed by atoms with Gasteiger partial charge in [0.15, 0.2) is 0 Å². The van der Waals surface area contributed by atoms with E-state index in [9.17, 15) is 36.6 Å². The van der Waals surface area contributed by atoms with Gasteiger partial charge in [0, 0.05) is 37.9 Å². The number of hydrogen-bond acceptors (Lipinski definition) is 8.